The molecule has 6 nitrogen and oxygen atoms in total. The Morgan fingerprint density at radius 1 is 1.09 bits per heavy atom. The van der Waals surface area contributed by atoms with Gasteiger partial charge in [0.15, 0.2) is 0 Å². The van der Waals surface area contributed by atoms with Crippen LogP contribution in [0.25, 0.3) is 0 Å². The van der Waals surface area contributed by atoms with E-state index in [1.165, 1.54) is 0 Å². The van der Waals surface area contributed by atoms with Gasteiger partial charge in [-0.1, -0.05) is 6.07 Å². The number of aromatic nitrogens is 1. The molecule has 1 aliphatic heterocycles. The summed E-state index contributed by atoms with van der Waals surface area (Å²) in [6.07, 6.45) is 3.42. The van der Waals surface area contributed by atoms with E-state index >= 15 is 0 Å². The molecule has 0 atom stereocenters. The van der Waals surface area contributed by atoms with Crippen molar-refractivity contribution in [3.05, 3.63) is 29.6 Å². The fourth-order valence-electron chi connectivity index (χ4n) is 2.76. The van der Waals surface area contributed by atoms with Gasteiger partial charge in [0.2, 0.25) is 0 Å². The molecule has 1 aromatic heterocycles. The lowest BCUT2D eigenvalue weighted by atomic mass is 10.2. The summed E-state index contributed by atoms with van der Waals surface area (Å²) >= 11 is 0. The molecule has 0 aromatic carbocycles. The fraction of sp³-hybridized carbons (Fsp3) is 0.588. The van der Waals surface area contributed by atoms with Crippen molar-refractivity contribution >= 4 is 12.6 Å². The van der Waals surface area contributed by atoms with E-state index in [1.54, 1.807) is 0 Å². The predicted molar refractivity (Wildman–Crippen MR) is 89.0 cm³/mol. The smallest absolute Gasteiger partial charge is 0.133 e. The van der Waals surface area contributed by atoms with E-state index < -0.39 is 0 Å². The fourth-order valence-corrected chi connectivity index (χ4v) is 2.76. The summed E-state index contributed by atoms with van der Waals surface area (Å²) in [5.74, 6) is 0. The third-order valence-electron chi connectivity index (χ3n) is 4.02. The Balaban J connectivity index is 2.01. The summed E-state index contributed by atoms with van der Waals surface area (Å²) in [4.78, 5) is 30.6. The van der Waals surface area contributed by atoms with Crippen molar-refractivity contribution in [2.75, 3.05) is 39.3 Å². The first-order valence-electron chi connectivity index (χ1n) is 8.29. The molecule has 2 heterocycles. The van der Waals surface area contributed by atoms with Crippen LogP contribution in [-0.2, 0) is 22.7 Å². The molecule has 0 saturated heterocycles. The first-order valence-corrected chi connectivity index (χ1v) is 8.29. The van der Waals surface area contributed by atoms with Crippen LogP contribution in [0.1, 0.15) is 24.2 Å². The standard InChI is InChI=1S/C17H26N4O2/c22-12-2-1-7-20-8-6-18-14-16-4-3-5-17(19-16)15-21(10-9-20)11-13-23/h3-5,12-13,18H,1-2,6-11,14-15H2. The normalized spacial score (nSPS) is 17.9. The minimum Gasteiger partial charge on any atom is -0.310 e. The first-order chi connectivity index (χ1) is 11.3. The molecule has 0 spiro atoms. The summed E-state index contributed by atoms with van der Waals surface area (Å²) in [5, 5.41) is 3.43. The summed E-state index contributed by atoms with van der Waals surface area (Å²) in [6.45, 7) is 6.33. The number of unbranched alkanes of at least 4 members (excludes halogenated alkanes) is 1. The number of hydrogen-bond donors (Lipinski definition) is 1. The van der Waals surface area contributed by atoms with Gasteiger partial charge in [-0.05, 0) is 25.1 Å². The molecule has 6 heteroatoms. The second-order valence-electron chi connectivity index (χ2n) is 5.85. The van der Waals surface area contributed by atoms with Gasteiger partial charge in [0, 0.05) is 45.7 Å². The highest BCUT2D eigenvalue weighted by Crippen LogP contribution is 2.05. The van der Waals surface area contributed by atoms with Gasteiger partial charge in [-0.15, -0.1) is 0 Å². The van der Waals surface area contributed by atoms with Crippen molar-refractivity contribution < 1.29 is 9.59 Å². The average Bonchev–Trinajstić information content (AvgIpc) is 2.55. The lowest BCUT2D eigenvalue weighted by molar-refractivity contribution is -0.109. The largest absolute Gasteiger partial charge is 0.310 e. The van der Waals surface area contributed by atoms with Crippen LogP contribution in [0.3, 0.4) is 0 Å². The van der Waals surface area contributed by atoms with Gasteiger partial charge >= 0.3 is 0 Å². The lowest BCUT2D eigenvalue weighted by Gasteiger charge is -2.27. The maximum absolute atomic E-state index is 10.9. The van der Waals surface area contributed by atoms with E-state index in [0.717, 1.165) is 69.6 Å². The van der Waals surface area contributed by atoms with Crippen LogP contribution in [0.15, 0.2) is 18.2 Å². The van der Waals surface area contributed by atoms with E-state index in [2.05, 4.69) is 20.1 Å². The number of carbonyl (C=O) groups is 2. The van der Waals surface area contributed by atoms with E-state index in [1.807, 2.05) is 18.2 Å². The summed E-state index contributed by atoms with van der Waals surface area (Å²) < 4.78 is 0. The number of nitrogens with zero attached hydrogens (tertiary/aromatic N) is 3. The zero-order chi connectivity index (χ0) is 16.3. The highest BCUT2D eigenvalue weighted by atomic mass is 16.1. The van der Waals surface area contributed by atoms with Crippen molar-refractivity contribution in [3.8, 4) is 0 Å². The zero-order valence-electron chi connectivity index (χ0n) is 13.6. The summed E-state index contributed by atoms with van der Waals surface area (Å²) in [6, 6.07) is 6.05. The molecule has 126 valence electrons. The third kappa shape index (κ3) is 6.56. The molecule has 1 aromatic rings. The molecule has 1 N–H and O–H groups in total. The van der Waals surface area contributed by atoms with Crippen LogP contribution in [0, 0.1) is 0 Å². The van der Waals surface area contributed by atoms with Crippen LogP contribution in [0.5, 0.6) is 0 Å². The van der Waals surface area contributed by atoms with Crippen LogP contribution in [-0.4, -0.2) is 66.6 Å². The average molecular weight is 318 g/mol. The van der Waals surface area contributed by atoms with Gasteiger partial charge in [-0.2, -0.15) is 0 Å². The number of nitrogens with one attached hydrogen (secondary N) is 1. The molecule has 0 aliphatic carbocycles. The minimum absolute atomic E-state index is 0.423. The molecular formula is C17H26N4O2. The number of pyridine rings is 1. The Kier molecular flexibility index (Phi) is 7.86. The topological polar surface area (TPSA) is 65.5 Å². The van der Waals surface area contributed by atoms with Crippen molar-refractivity contribution in [2.24, 2.45) is 0 Å². The van der Waals surface area contributed by atoms with Gasteiger partial charge in [0.25, 0.3) is 0 Å². The third-order valence-corrected chi connectivity index (χ3v) is 4.02. The van der Waals surface area contributed by atoms with E-state index in [4.69, 9.17) is 0 Å². The quantitative estimate of drug-likeness (QED) is 0.607. The number of hydrogen-bond acceptors (Lipinski definition) is 6. The Morgan fingerprint density at radius 2 is 1.91 bits per heavy atom. The van der Waals surface area contributed by atoms with Crippen molar-refractivity contribution in [2.45, 2.75) is 25.9 Å². The number of fused-ring (bicyclic) bond motifs is 2. The van der Waals surface area contributed by atoms with Gasteiger partial charge in [0.05, 0.1) is 17.9 Å². The number of carbonyl (C=O) groups excluding carboxylic acids is 2. The van der Waals surface area contributed by atoms with Crippen LogP contribution < -0.4 is 5.32 Å². The number of rotatable bonds is 6. The predicted octanol–water partition coefficient (Wildman–Crippen LogP) is 0.467. The Hall–Kier alpha value is -1.63. The Morgan fingerprint density at radius 3 is 2.74 bits per heavy atom. The summed E-state index contributed by atoms with van der Waals surface area (Å²) in [7, 11) is 0. The molecular weight excluding hydrogens is 292 g/mol. The van der Waals surface area contributed by atoms with E-state index in [0.29, 0.717) is 19.5 Å². The van der Waals surface area contributed by atoms with Crippen LogP contribution >= 0.6 is 0 Å². The van der Waals surface area contributed by atoms with Gasteiger partial charge < -0.3 is 19.8 Å². The molecule has 0 unspecified atom stereocenters. The van der Waals surface area contributed by atoms with Gasteiger partial charge in [0.1, 0.15) is 12.6 Å². The van der Waals surface area contributed by atoms with Crippen LogP contribution in [0.4, 0.5) is 0 Å². The molecule has 0 amide bonds. The molecule has 1 aliphatic rings. The van der Waals surface area contributed by atoms with E-state index in [-0.39, 0.29) is 0 Å². The van der Waals surface area contributed by atoms with Crippen molar-refractivity contribution in [1.29, 1.82) is 0 Å². The Bertz CT molecular complexity index is 495. The van der Waals surface area contributed by atoms with Gasteiger partial charge in [-0.25, -0.2) is 0 Å². The second kappa shape index (κ2) is 10.2. The van der Waals surface area contributed by atoms with Gasteiger partial charge in [-0.3, -0.25) is 9.88 Å². The highest BCUT2D eigenvalue weighted by Gasteiger charge is 2.12. The minimum atomic E-state index is 0.423. The maximum Gasteiger partial charge on any atom is 0.133 e. The first kappa shape index (κ1) is 17.7. The zero-order valence-corrected chi connectivity index (χ0v) is 13.6. The molecule has 2 bridgehead atoms. The molecule has 23 heavy (non-hydrogen) atoms. The summed E-state index contributed by atoms with van der Waals surface area (Å²) in [5.41, 5.74) is 2.03. The lowest BCUT2D eigenvalue weighted by Crippen LogP contribution is -2.40. The maximum atomic E-state index is 10.9. The molecule has 0 saturated carbocycles. The molecule has 0 fully saturated rings. The van der Waals surface area contributed by atoms with E-state index in [9.17, 15) is 9.59 Å². The van der Waals surface area contributed by atoms with Crippen LogP contribution in [0.2, 0.25) is 0 Å². The molecule has 2 rings (SSSR count). The van der Waals surface area contributed by atoms with Crippen molar-refractivity contribution in [3.63, 3.8) is 0 Å². The monoisotopic (exact) mass is 318 g/mol. The second-order valence-corrected chi connectivity index (χ2v) is 5.85. The number of aldehydes is 2. The SMILES string of the molecule is O=CCCCN1CCNCc2cccc(n2)CN(CC=O)CC1. The highest BCUT2D eigenvalue weighted by molar-refractivity contribution is 5.52. The Labute approximate surface area is 137 Å². The molecule has 0 radical (unpaired) electrons. The van der Waals surface area contributed by atoms with Crippen molar-refractivity contribution in [1.82, 2.24) is 20.1 Å².